The van der Waals surface area contributed by atoms with Crippen LogP contribution >= 0.6 is 11.5 Å². The third kappa shape index (κ3) is 4.38. The summed E-state index contributed by atoms with van der Waals surface area (Å²) in [5.74, 6) is -1.30. The van der Waals surface area contributed by atoms with Crippen LogP contribution in [0.25, 0.3) is 0 Å². The first-order chi connectivity index (χ1) is 14.6. The lowest BCUT2D eigenvalue weighted by Crippen LogP contribution is -2.46. The third-order valence-electron chi connectivity index (χ3n) is 5.21. The maximum absolute atomic E-state index is 14.1. The van der Waals surface area contributed by atoms with Gasteiger partial charge in [-0.3, -0.25) is 14.5 Å². The van der Waals surface area contributed by atoms with Crippen LogP contribution in [-0.2, 0) is 4.79 Å². The summed E-state index contributed by atoms with van der Waals surface area (Å²) in [5.41, 5.74) is 1.02. The third-order valence-corrected chi connectivity index (χ3v) is 5.71. The van der Waals surface area contributed by atoms with Crippen LogP contribution in [0.5, 0.6) is 0 Å². The molecule has 1 atom stereocenters. The molecule has 0 radical (unpaired) electrons. The van der Waals surface area contributed by atoms with Crippen LogP contribution in [0.1, 0.15) is 47.8 Å². The van der Waals surface area contributed by atoms with E-state index in [2.05, 4.69) is 14.9 Å². The fourth-order valence-electron chi connectivity index (χ4n) is 3.79. The van der Waals surface area contributed by atoms with Crippen molar-refractivity contribution in [1.82, 2.24) is 14.9 Å². The van der Waals surface area contributed by atoms with E-state index in [1.165, 1.54) is 28.5 Å². The lowest BCUT2D eigenvalue weighted by Gasteiger charge is -2.31. The van der Waals surface area contributed by atoms with Crippen molar-refractivity contribution in [2.24, 2.45) is 0 Å². The van der Waals surface area contributed by atoms with Crippen LogP contribution < -0.4 is 10.2 Å². The molecule has 30 heavy (non-hydrogen) atoms. The molecule has 154 valence electrons. The second-order valence-electron chi connectivity index (χ2n) is 7.25. The zero-order valence-electron chi connectivity index (χ0n) is 16.2. The van der Waals surface area contributed by atoms with Crippen LogP contribution in [0.3, 0.4) is 0 Å². The molecule has 1 N–H and O–H groups in total. The van der Waals surface area contributed by atoms with Gasteiger partial charge in [0, 0.05) is 17.1 Å². The van der Waals surface area contributed by atoms with Gasteiger partial charge in [0.25, 0.3) is 5.91 Å². The smallest absolute Gasteiger partial charge is 0.280 e. The number of rotatable bonds is 6. The Labute approximate surface area is 177 Å². The number of nitrogens with one attached hydrogen (secondary N) is 1. The molecular formula is C22H21FN4O2S. The van der Waals surface area contributed by atoms with Crippen molar-refractivity contribution < 1.29 is 14.0 Å². The average molecular weight is 425 g/mol. The Morgan fingerprint density at radius 2 is 1.87 bits per heavy atom. The van der Waals surface area contributed by atoms with E-state index in [4.69, 9.17) is 0 Å². The highest BCUT2D eigenvalue weighted by molar-refractivity contribution is 7.03. The Morgan fingerprint density at radius 3 is 2.53 bits per heavy atom. The van der Waals surface area contributed by atoms with Gasteiger partial charge in [0.05, 0.1) is 0 Å². The lowest BCUT2D eigenvalue weighted by atomic mass is 10.0. The minimum Gasteiger partial charge on any atom is -0.351 e. The molecule has 0 saturated heterocycles. The quantitative estimate of drug-likeness (QED) is 0.646. The van der Waals surface area contributed by atoms with E-state index in [1.54, 1.807) is 18.2 Å². The highest BCUT2D eigenvalue weighted by Gasteiger charge is 2.35. The van der Waals surface area contributed by atoms with Crippen molar-refractivity contribution in [3.05, 3.63) is 77.1 Å². The fourth-order valence-corrected chi connectivity index (χ4v) is 4.22. The van der Waals surface area contributed by atoms with Crippen LogP contribution in [-0.4, -0.2) is 27.4 Å². The minimum atomic E-state index is -0.970. The summed E-state index contributed by atoms with van der Waals surface area (Å²) in [6.45, 7) is 0. The molecule has 4 rings (SSSR count). The van der Waals surface area contributed by atoms with Crippen LogP contribution in [0.2, 0.25) is 0 Å². The number of nitrogens with zero attached hydrogens (tertiary/aromatic N) is 3. The van der Waals surface area contributed by atoms with Gasteiger partial charge in [0.1, 0.15) is 11.9 Å². The normalized spacial score (nSPS) is 15.0. The molecule has 0 unspecified atom stereocenters. The summed E-state index contributed by atoms with van der Waals surface area (Å²) >= 11 is 1.04. The zero-order chi connectivity index (χ0) is 20.9. The van der Waals surface area contributed by atoms with Gasteiger partial charge in [0.2, 0.25) is 5.91 Å². The molecule has 0 aliphatic heterocycles. The molecule has 1 aliphatic rings. The van der Waals surface area contributed by atoms with E-state index >= 15 is 0 Å². The zero-order valence-corrected chi connectivity index (χ0v) is 17.0. The number of anilines is 1. The predicted octanol–water partition coefficient (Wildman–Crippen LogP) is 4.12. The van der Waals surface area contributed by atoms with Crippen molar-refractivity contribution in [1.29, 1.82) is 0 Å². The Balaban J connectivity index is 1.79. The van der Waals surface area contributed by atoms with Gasteiger partial charge in [-0.2, -0.15) is 0 Å². The number of carbonyl (C=O) groups excluding carboxylic acids is 2. The van der Waals surface area contributed by atoms with E-state index < -0.39 is 17.8 Å². The fraction of sp³-hybridized carbons (Fsp3) is 0.273. The van der Waals surface area contributed by atoms with Crippen LogP contribution in [0.15, 0.2) is 60.0 Å². The molecule has 3 aromatic rings. The summed E-state index contributed by atoms with van der Waals surface area (Å²) in [6.07, 6.45) is 3.96. The van der Waals surface area contributed by atoms with E-state index in [1.807, 2.05) is 18.2 Å². The van der Waals surface area contributed by atoms with Crippen LogP contribution in [0, 0.1) is 5.82 Å². The molecule has 0 bridgehead atoms. The summed E-state index contributed by atoms with van der Waals surface area (Å²) < 4.78 is 17.8. The van der Waals surface area contributed by atoms with Gasteiger partial charge in [-0.05, 0) is 48.1 Å². The molecule has 8 heteroatoms. The average Bonchev–Trinajstić information content (AvgIpc) is 3.46. The monoisotopic (exact) mass is 424 g/mol. The molecule has 1 aliphatic carbocycles. The van der Waals surface area contributed by atoms with Crippen molar-refractivity contribution in [2.45, 2.75) is 37.8 Å². The van der Waals surface area contributed by atoms with Gasteiger partial charge >= 0.3 is 0 Å². The molecule has 2 amide bonds. The van der Waals surface area contributed by atoms with E-state index in [0.29, 0.717) is 5.56 Å². The molecule has 1 heterocycles. The largest absolute Gasteiger partial charge is 0.351 e. The Morgan fingerprint density at radius 1 is 1.10 bits per heavy atom. The topological polar surface area (TPSA) is 75.2 Å². The summed E-state index contributed by atoms with van der Waals surface area (Å²) in [4.78, 5) is 28.1. The molecule has 0 spiro atoms. The maximum Gasteiger partial charge on any atom is 0.280 e. The Bertz CT molecular complexity index is 1010. The molecule has 6 nitrogen and oxygen atoms in total. The first-order valence-electron chi connectivity index (χ1n) is 9.85. The van der Waals surface area contributed by atoms with E-state index in [9.17, 15) is 14.0 Å². The lowest BCUT2D eigenvalue weighted by molar-refractivity contribution is -0.123. The Kier molecular flexibility index (Phi) is 6.13. The number of benzene rings is 2. The van der Waals surface area contributed by atoms with Crippen molar-refractivity contribution in [3.63, 3.8) is 0 Å². The number of amides is 2. The second kappa shape index (κ2) is 9.13. The summed E-state index contributed by atoms with van der Waals surface area (Å²) in [7, 11) is 0. The molecule has 1 saturated carbocycles. The van der Waals surface area contributed by atoms with Crippen molar-refractivity contribution >= 4 is 29.0 Å². The molecule has 1 fully saturated rings. The number of carbonyl (C=O) groups is 2. The van der Waals surface area contributed by atoms with Gasteiger partial charge in [-0.15, -0.1) is 5.10 Å². The SMILES string of the molecule is O=C(NC1CCCC1)[C@H](c1ccccc1)N(C(=O)c1csnn1)c1cccc(F)c1. The van der Waals surface area contributed by atoms with Gasteiger partial charge in [0.15, 0.2) is 5.69 Å². The highest BCUT2D eigenvalue weighted by Crippen LogP contribution is 2.31. The van der Waals surface area contributed by atoms with Crippen molar-refractivity contribution in [2.75, 3.05) is 4.90 Å². The predicted molar refractivity (Wildman–Crippen MR) is 113 cm³/mol. The first kappa shape index (κ1) is 20.2. The first-order valence-corrected chi connectivity index (χ1v) is 10.7. The van der Waals surface area contributed by atoms with Gasteiger partial charge < -0.3 is 5.32 Å². The standard InChI is InChI=1S/C22H21FN4O2S/c23-16-9-6-12-18(13-16)27(22(29)19-14-30-26-25-19)20(15-7-2-1-3-8-15)21(28)24-17-10-4-5-11-17/h1-3,6-9,12-14,17,20H,4-5,10-11H2,(H,24,28)/t20-/m0/s1. The summed E-state index contributed by atoms with van der Waals surface area (Å²) in [6, 6.07) is 13.8. The maximum atomic E-state index is 14.1. The Hall–Kier alpha value is -3.13. The van der Waals surface area contributed by atoms with E-state index in [0.717, 1.165) is 37.2 Å². The van der Waals surface area contributed by atoms with E-state index in [-0.39, 0.29) is 23.3 Å². The number of hydrogen-bond donors (Lipinski definition) is 1. The number of aromatic nitrogens is 2. The van der Waals surface area contributed by atoms with Crippen LogP contribution in [0.4, 0.5) is 10.1 Å². The number of halogens is 1. The highest BCUT2D eigenvalue weighted by atomic mass is 32.1. The van der Waals surface area contributed by atoms with Gasteiger partial charge in [-0.1, -0.05) is 53.7 Å². The molecule has 1 aromatic heterocycles. The second-order valence-corrected chi connectivity index (χ2v) is 7.86. The molecular weight excluding hydrogens is 403 g/mol. The van der Waals surface area contributed by atoms with Gasteiger partial charge in [-0.25, -0.2) is 4.39 Å². The number of hydrogen-bond acceptors (Lipinski definition) is 5. The van der Waals surface area contributed by atoms with Crippen molar-refractivity contribution in [3.8, 4) is 0 Å². The minimum absolute atomic E-state index is 0.0779. The molecule has 2 aromatic carbocycles. The summed E-state index contributed by atoms with van der Waals surface area (Å²) in [5, 5.41) is 8.48.